The lowest BCUT2D eigenvalue weighted by Crippen LogP contribution is -1.93. The average Bonchev–Trinajstić information content (AvgIpc) is 2.79. The van der Waals surface area contributed by atoms with Crippen LogP contribution in [0.4, 0.5) is 14.5 Å². The second kappa shape index (κ2) is 5.33. The van der Waals surface area contributed by atoms with Crippen molar-refractivity contribution in [2.45, 2.75) is 6.92 Å². The molecule has 0 aliphatic rings. The zero-order chi connectivity index (χ0) is 14.9. The number of thiophene rings is 1. The number of hydrogen-bond donors (Lipinski definition) is 0. The van der Waals surface area contributed by atoms with E-state index < -0.39 is 28.0 Å². The van der Waals surface area contributed by atoms with Crippen LogP contribution in [0.25, 0.3) is 0 Å². The van der Waals surface area contributed by atoms with Gasteiger partial charge in [0, 0.05) is 6.07 Å². The van der Waals surface area contributed by atoms with Crippen LogP contribution in [0.3, 0.4) is 0 Å². The third-order valence-electron chi connectivity index (χ3n) is 2.34. The summed E-state index contributed by atoms with van der Waals surface area (Å²) in [6.07, 6.45) is 0. The zero-order valence-electron chi connectivity index (χ0n) is 10.1. The maximum atomic E-state index is 13.5. The molecule has 2 rings (SSSR count). The molecule has 0 N–H and O–H groups in total. The molecule has 0 amide bonds. The van der Waals surface area contributed by atoms with Gasteiger partial charge in [-0.15, -0.1) is 0 Å². The van der Waals surface area contributed by atoms with Crippen LogP contribution in [0.1, 0.15) is 16.6 Å². The molecule has 0 saturated heterocycles. The van der Waals surface area contributed by atoms with E-state index in [-0.39, 0.29) is 15.7 Å². The Morgan fingerprint density at radius 2 is 2.10 bits per heavy atom. The smallest absolute Gasteiger partial charge is 0.323 e. The van der Waals surface area contributed by atoms with E-state index >= 15 is 0 Å². The van der Waals surface area contributed by atoms with E-state index in [1.54, 1.807) is 0 Å². The van der Waals surface area contributed by atoms with Crippen LogP contribution in [0.15, 0.2) is 24.3 Å². The summed E-state index contributed by atoms with van der Waals surface area (Å²) in [5.74, 6) is -3.24. The fourth-order valence-corrected chi connectivity index (χ4v) is 2.28. The highest BCUT2D eigenvalue weighted by Gasteiger charge is 2.24. The summed E-state index contributed by atoms with van der Waals surface area (Å²) in [5.41, 5.74) is -0.469. The van der Waals surface area contributed by atoms with E-state index in [1.807, 2.05) is 0 Å². The highest BCUT2D eigenvalue weighted by molar-refractivity contribution is 7.16. The van der Waals surface area contributed by atoms with Crippen LogP contribution in [0.5, 0.6) is 10.8 Å². The molecule has 0 atom stereocenters. The second-order valence-corrected chi connectivity index (χ2v) is 4.77. The van der Waals surface area contributed by atoms with Gasteiger partial charge in [0.05, 0.1) is 9.80 Å². The number of carbonyl (C=O) groups is 1. The number of nitro groups is 1. The number of nitrogens with zero attached hydrogens (tertiary/aromatic N) is 1. The van der Waals surface area contributed by atoms with Crippen LogP contribution in [0.2, 0.25) is 0 Å². The number of Topliss-reactive ketones (excluding diaryl/α,β-unsaturated/α-hetero) is 1. The topological polar surface area (TPSA) is 69.4 Å². The molecule has 1 heterocycles. The third-order valence-corrected chi connectivity index (χ3v) is 3.45. The first kappa shape index (κ1) is 14.1. The molecule has 8 heteroatoms. The normalized spacial score (nSPS) is 10.3. The lowest BCUT2D eigenvalue weighted by molar-refractivity contribution is -0.385. The summed E-state index contributed by atoms with van der Waals surface area (Å²) in [4.78, 5) is 21.4. The number of carbonyl (C=O) groups excluding carboxylic acids is 1. The van der Waals surface area contributed by atoms with Crippen LogP contribution in [-0.4, -0.2) is 10.7 Å². The van der Waals surface area contributed by atoms with Gasteiger partial charge in [-0.05, 0) is 19.1 Å². The molecule has 20 heavy (non-hydrogen) atoms. The molecule has 0 unspecified atom stereocenters. The zero-order valence-corrected chi connectivity index (χ0v) is 10.9. The summed E-state index contributed by atoms with van der Waals surface area (Å²) in [6, 6.07) is 4.28. The predicted molar refractivity (Wildman–Crippen MR) is 67.4 cm³/mol. The molecule has 2 aromatic rings. The van der Waals surface area contributed by atoms with Gasteiger partial charge < -0.3 is 4.74 Å². The van der Waals surface area contributed by atoms with E-state index in [9.17, 15) is 23.7 Å². The largest absolute Gasteiger partial charge is 0.437 e. The summed E-state index contributed by atoms with van der Waals surface area (Å²) in [7, 11) is 0. The first-order chi connectivity index (χ1) is 9.40. The number of benzene rings is 1. The Morgan fingerprint density at radius 1 is 1.40 bits per heavy atom. The molecule has 0 aliphatic carbocycles. The van der Waals surface area contributed by atoms with Gasteiger partial charge >= 0.3 is 5.69 Å². The molecular formula is C12H7F2NO4S. The minimum atomic E-state index is -1.25. The number of ketones is 1. The Labute approximate surface area is 115 Å². The molecule has 0 aliphatic heterocycles. The van der Waals surface area contributed by atoms with Crippen molar-refractivity contribution in [2.24, 2.45) is 0 Å². The monoisotopic (exact) mass is 299 g/mol. The molecule has 1 aromatic heterocycles. The Balaban J connectivity index is 2.45. The second-order valence-electron chi connectivity index (χ2n) is 3.75. The summed E-state index contributed by atoms with van der Waals surface area (Å²) in [6.45, 7) is 1.24. The van der Waals surface area contributed by atoms with E-state index in [4.69, 9.17) is 4.74 Å². The van der Waals surface area contributed by atoms with Gasteiger partial charge in [0.15, 0.2) is 17.3 Å². The quantitative estimate of drug-likeness (QED) is 0.487. The van der Waals surface area contributed by atoms with Gasteiger partial charge in [-0.2, -0.15) is 4.39 Å². The van der Waals surface area contributed by atoms with Gasteiger partial charge in [-0.25, -0.2) is 4.39 Å². The number of ether oxygens (including phenoxy) is 1. The van der Waals surface area contributed by atoms with Gasteiger partial charge in [-0.1, -0.05) is 17.4 Å². The molecule has 0 spiro atoms. The molecule has 0 fully saturated rings. The number of hydrogen-bond acceptors (Lipinski definition) is 5. The Bertz CT molecular complexity index is 699. The van der Waals surface area contributed by atoms with E-state index in [0.717, 1.165) is 18.2 Å². The molecular weight excluding hydrogens is 292 g/mol. The van der Waals surface area contributed by atoms with Crippen LogP contribution in [-0.2, 0) is 0 Å². The van der Waals surface area contributed by atoms with Crippen molar-refractivity contribution in [3.63, 3.8) is 0 Å². The summed E-state index contributed by atoms with van der Waals surface area (Å²) >= 11 is 0.703. The highest BCUT2D eigenvalue weighted by Crippen LogP contribution is 2.40. The molecule has 0 radical (unpaired) electrons. The van der Waals surface area contributed by atoms with E-state index in [2.05, 4.69) is 0 Å². The summed E-state index contributed by atoms with van der Waals surface area (Å²) in [5, 5.41) is 10.6. The molecule has 0 saturated carbocycles. The van der Waals surface area contributed by atoms with Gasteiger partial charge in [-0.3, -0.25) is 14.9 Å². The minimum absolute atomic E-state index is 0.100. The van der Waals surface area contributed by atoms with Crippen LogP contribution >= 0.6 is 11.3 Å². The minimum Gasteiger partial charge on any atom is -0.437 e. The van der Waals surface area contributed by atoms with Crippen molar-refractivity contribution >= 4 is 22.8 Å². The standard InChI is InChI=1S/C12H7F2NO4S/c1-6(16)10-5-8(15(17)18)12(20-10)19-9-4-2-3-7(13)11(9)14/h2-5H,1H3. The van der Waals surface area contributed by atoms with Crippen molar-refractivity contribution in [3.05, 3.63) is 50.9 Å². The molecule has 104 valence electrons. The van der Waals surface area contributed by atoms with Crippen molar-refractivity contribution < 1.29 is 23.2 Å². The van der Waals surface area contributed by atoms with Crippen molar-refractivity contribution in [3.8, 4) is 10.8 Å². The number of rotatable bonds is 4. The Kier molecular flexibility index (Phi) is 3.75. The fourth-order valence-electron chi connectivity index (χ4n) is 1.40. The van der Waals surface area contributed by atoms with Gasteiger partial charge in [0.2, 0.25) is 5.82 Å². The van der Waals surface area contributed by atoms with Crippen LogP contribution < -0.4 is 4.74 Å². The average molecular weight is 299 g/mol. The lowest BCUT2D eigenvalue weighted by Gasteiger charge is -2.04. The van der Waals surface area contributed by atoms with Crippen LogP contribution in [0, 0.1) is 21.7 Å². The molecule has 0 bridgehead atoms. The first-order valence-corrected chi connectivity index (χ1v) is 6.13. The fraction of sp³-hybridized carbons (Fsp3) is 0.0833. The lowest BCUT2D eigenvalue weighted by atomic mass is 10.3. The van der Waals surface area contributed by atoms with Gasteiger partial charge in [0.1, 0.15) is 0 Å². The predicted octanol–water partition coefficient (Wildman–Crippen LogP) is 3.93. The highest BCUT2D eigenvalue weighted by atomic mass is 32.1. The Hall–Kier alpha value is -2.35. The van der Waals surface area contributed by atoms with Crippen molar-refractivity contribution in [1.29, 1.82) is 0 Å². The first-order valence-electron chi connectivity index (χ1n) is 5.31. The summed E-state index contributed by atoms with van der Waals surface area (Å²) < 4.78 is 31.5. The third kappa shape index (κ3) is 2.64. The maximum Gasteiger partial charge on any atom is 0.323 e. The maximum absolute atomic E-state index is 13.5. The number of halogens is 2. The van der Waals surface area contributed by atoms with Gasteiger partial charge in [0.25, 0.3) is 5.06 Å². The van der Waals surface area contributed by atoms with E-state index in [1.165, 1.54) is 13.0 Å². The van der Waals surface area contributed by atoms with E-state index in [0.29, 0.717) is 11.3 Å². The Morgan fingerprint density at radius 3 is 2.70 bits per heavy atom. The van der Waals surface area contributed by atoms with Crippen molar-refractivity contribution in [2.75, 3.05) is 0 Å². The molecule has 5 nitrogen and oxygen atoms in total. The SMILES string of the molecule is CC(=O)c1cc([N+](=O)[O-])c(Oc2cccc(F)c2F)s1. The van der Waals surface area contributed by atoms with Crippen molar-refractivity contribution in [1.82, 2.24) is 0 Å². The molecule has 1 aromatic carbocycles.